The van der Waals surface area contributed by atoms with Gasteiger partial charge in [0.2, 0.25) is 5.91 Å². The number of carbonyl (C=O) groups is 2. The minimum atomic E-state index is -0.437. The van der Waals surface area contributed by atoms with Crippen LogP contribution in [0.15, 0.2) is 48.5 Å². The molecule has 1 aliphatic rings. The Balaban J connectivity index is 1.71. The third-order valence-electron chi connectivity index (χ3n) is 4.63. The first-order valence-corrected chi connectivity index (χ1v) is 9.13. The van der Waals surface area contributed by atoms with Crippen molar-refractivity contribution in [3.8, 4) is 0 Å². The summed E-state index contributed by atoms with van der Waals surface area (Å²) in [5.41, 5.74) is 2.27. The number of amides is 2. The molecule has 1 fully saturated rings. The smallest absolute Gasteiger partial charge is 0.413 e. The second-order valence-electron chi connectivity index (χ2n) is 6.36. The van der Waals surface area contributed by atoms with E-state index in [-0.39, 0.29) is 11.9 Å². The molecule has 2 aromatic rings. The number of methoxy groups -OCH3 is 1. The van der Waals surface area contributed by atoms with Gasteiger partial charge in [-0.2, -0.15) is 0 Å². The molecule has 6 nitrogen and oxygen atoms in total. The fourth-order valence-corrected chi connectivity index (χ4v) is 3.38. The molecule has 0 saturated carbocycles. The van der Waals surface area contributed by atoms with Crippen LogP contribution in [0.25, 0.3) is 0 Å². The van der Waals surface area contributed by atoms with Crippen LogP contribution in [0.1, 0.15) is 12.8 Å². The van der Waals surface area contributed by atoms with Gasteiger partial charge in [0.1, 0.15) is 6.04 Å². The number of para-hydroxylation sites is 1. The Labute approximate surface area is 163 Å². The molecule has 3 rings (SSSR count). The van der Waals surface area contributed by atoms with Gasteiger partial charge in [0.25, 0.3) is 0 Å². The standard InChI is InChI=1S/C20H22ClN3O3/c1-23(20(26)27-2)15-11-9-14(10-12-15)22-17-7-5-13-24(19(17)25)18-8-4-3-6-16(18)21/h3-4,6,8-12,17,22H,5,7,13H2,1-2H3/t17-/m0/s1. The molecule has 1 N–H and O–H groups in total. The summed E-state index contributed by atoms with van der Waals surface area (Å²) in [5.74, 6) is 0.00473. The number of halogens is 1. The van der Waals surface area contributed by atoms with Gasteiger partial charge in [-0.05, 0) is 49.2 Å². The number of nitrogens with one attached hydrogen (secondary N) is 1. The van der Waals surface area contributed by atoms with Crippen molar-refractivity contribution >= 4 is 40.7 Å². The van der Waals surface area contributed by atoms with Crippen molar-refractivity contribution in [2.45, 2.75) is 18.9 Å². The number of piperidine rings is 1. The quantitative estimate of drug-likeness (QED) is 0.856. The molecule has 142 valence electrons. The molecule has 1 saturated heterocycles. The molecule has 27 heavy (non-hydrogen) atoms. The Morgan fingerprint density at radius 3 is 2.59 bits per heavy atom. The summed E-state index contributed by atoms with van der Waals surface area (Å²) in [6, 6.07) is 14.4. The number of hydrogen-bond acceptors (Lipinski definition) is 4. The first-order valence-electron chi connectivity index (χ1n) is 8.75. The van der Waals surface area contributed by atoms with Crippen molar-refractivity contribution < 1.29 is 14.3 Å². The van der Waals surface area contributed by atoms with Crippen LogP contribution in [0, 0.1) is 0 Å². The minimum Gasteiger partial charge on any atom is -0.452 e. The number of anilines is 3. The predicted molar refractivity (Wildman–Crippen MR) is 108 cm³/mol. The highest BCUT2D eigenvalue weighted by molar-refractivity contribution is 6.33. The molecule has 2 aromatic carbocycles. The van der Waals surface area contributed by atoms with Crippen molar-refractivity contribution in [2.75, 3.05) is 35.8 Å². The van der Waals surface area contributed by atoms with E-state index in [1.165, 1.54) is 12.0 Å². The molecule has 0 aliphatic carbocycles. The second-order valence-corrected chi connectivity index (χ2v) is 6.76. The molecule has 0 aromatic heterocycles. The van der Waals surface area contributed by atoms with Gasteiger partial charge in [-0.25, -0.2) is 4.79 Å². The van der Waals surface area contributed by atoms with Gasteiger partial charge < -0.3 is 15.0 Å². The van der Waals surface area contributed by atoms with Crippen LogP contribution in [-0.2, 0) is 9.53 Å². The Morgan fingerprint density at radius 2 is 1.93 bits per heavy atom. The molecule has 1 aliphatic heterocycles. The van der Waals surface area contributed by atoms with Crippen LogP contribution in [0.2, 0.25) is 5.02 Å². The molecule has 0 unspecified atom stereocenters. The van der Waals surface area contributed by atoms with E-state index in [4.69, 9.17) is 16.3 Å². The minimum absolute atomic E-state index is 0.00473. The van der Waals surface area contributed by atoms with E-state index in [1.807, 2.05) is 30.3 Å². The van der Waals surface area contributed by atoms with Crippen LogP contribution in [0.3, 0.4) is 0 Å². The molecule has 7 heteroatoms. The molecular weight excluding hydrogens is 366 g/mol. The van der Waals surface area contributed by atoms with Gasteiger partial charge >= 0.3 is 6.09 Å². The van der Waals surface area contributed by atoms with E-state index in [0.29, 0.717) is 17.3 Å². The topological polar surface area (TPSA) is 61.9 Å². The monoisotopic (exact) mass is 387 g/mol. The molecule has 0 spiro atoms. The summed E-state index contributed by atoms with van der Waals surface area (Å²) >= 11 is 6.26. The Hall–Kier alpha value is -2.73. The van der Waals surface area contributed by atoms with Crippen LogP contribution in [-0.4, -0.2) is 38.7 Å². The molecule has 1 heterocycles. The van der Waals surface area contributed by atoms with E-state index in [9.17, 15) is 9.59 Å². The summed E-state index contributed by atoms with van der Waals surface area (Å²) in [6.07, 6.45) is 1.20. The maximum absolute atomic E-state index is 12.9. The lowest BCUT2D eigenvalue weighted by molar-refractivity contribution is -0.120. The van der Waals surface area contributed by atoms with Crippen molar-refractivity contribution in [3.05, 3.63) is 53.6 Å². The van der Waals surface area contributed by atoms with Crippen molar-refractivity contribution in [1.29, 1.82) is 0 Å². The maximum Gasteiger partial charge on any atom is 0.413 e. The number of hydrogen-bond donors (Lipinski definition) is 1. The highest BCUT2D eigenvalue weighted by Crippen LogP contribution is 2.29. The lowest BCUT2D eigenvalue weighted by atomic mass is 10.0. The molecular formula is C20H22ClN3O3. The van der Waals surface area contributed by atoms with Gasteiger partial charge in [-0.3, -0.25) is 9.69 Å². The molecule has 0 radical (unpaired) electrons. The van der Waals surface area contributed by atoms with Gasteiger partial charge in [0.05, 0.1) is 17.8 Å². The predicted octanol–water partition coefficient (Wildman–Crippen LogP) is 4.15. The van der Waals surface area contributed by atoms with Crippen molar-refractivity contribution in [1.82, 2.24) is 0 Å². The average Bonchev–Trinajstić information content (AvgIpc) is 2.69. The second kappa shape index (κ2) is 8.31. The van der Waals surface area contributed by atoms with Gasteiger partial charge in [-0.1, -0.05) is 23.7 Å². The summed E-state index contributed by atoms with van der Waals surface area (Å²) in [7, 11) is 2.98. The van der Waals surface area contributed by atoms with E-state index in [2.05, 4.69) is 5.32 Å². The summed E-state index contributed by atoms with van der Waals surface area (Å²) in [5, 5.41) is 3.86. The number of nitrogens with zero attached hydrogens (tertiary/aromatic N) is 2. The first kappa shape index (κ1) is 19.0. The highest BCUT2D eigenvalue weighted by Gasteiger charge is 2.30. The lowest BCUT2D eigenvalue weighted by Gasteiger charge is -2.33. The molecule has 0 bridgehead atoms. The van der Waals surface area contributed by atoms with E-state index < -0.39 is 6.09 Å². The van der Waals surface area contributed by atoms with Crippen LogP contribution in [0.5, 0.6) is 0 Å². The SMILES string of the molecule is COC(=O)N(C)c1ccc(N[C@H]2CCCN(c3ccccc3Cl)C2=O)cc1. The normalized spacial score (nSPS) is 16.8. The van der Waals surface area contributed by atoms with Crippen LogP contribution >= 0.6 is 11.6 Å². The van der Waals surface area contributed by atoms with E-state index in [0.717, 1.165) is 24.2 Å². The van der Waals surface area contributed by atoms with Gasteiger partial charge in [0, 0.05) is 25.0 Å². The summed E-state index contributed by atoms with van der Waals surface area (Å²) in [6.45, 7) is 0.656. The Kier molecular flexibility index (Phi) is 5.86. The Bertz CT molecular complexity index is 825. The van der Waals surface area contributed by atoms with E-state index >= 15 is 0 Å². The molecule has 2 amide bonds. The zero-order valence-corrected chi connectivity index (χ0v) is 16.1. The van der Waals surface area contributed by atoms with E-state index in [1.54, 1.807) is 30.1 Å². The van der Waals surface area contributed by atoms with Crippen molar-refractivity contribution in [2.24, 2.45) is 0 Å². The highest BCUT2D eigenvalue weighted by atomic mass is 35.5. The molecule has 1 atom stereocenters. The van der Waals surface area contributed by atoms with Crippen LogP contribution < -0.4 is 15.1 Å². The fraction of sp³-hybridized carbons (Fsp3) is 0.300. The summed E-state index contributed by atoms with van der Waals surface area (Å²) in [4.78, 5) is 27.7. The van der Waals surface area contributed by atoms with Crippen molar-refractivity contribution in [3.63, 3.8) is 0 Å². The zero-order valence-electron chi connectivity index (χ0n) is 15.3. The third-order valence-corrected chi connectivity index (χ3v) is 4.95. The van der Waals surface area contributed by atoms with Gasteiger partial charge in [-0.15, -0.1) is 0 Å². The summed E-state index contributed by atoms with van der Waals surface area (Å²) < 4.78 is 4.71. The number of benzene rings is 2. The lowest BCUT2D eigenvalue weighted by Crippen LogP contribution is -2.47. The fourth-order valence-electron chi connectivity index (χ4n) is 3.14. The number of ether oxygens (including phenoxy) is 1. The van der Waals surface area contributed by atoms with Crippen LogP contribution in [0.4, 0.5) is 21.9 Å². The largest absolute Gasteiger partial charge is 0.452 e. The first-order chi connectivity index (χ1) is 13.0. The maximum atomic E-state index is 12.9. The zero-order chi connectivity index (χ0) is 19.4. The average molecular weight is 388 g/mol. The Morgan fingerprint density at radius 1 is 1.22 bits per heavy atom. The number of carbonyl (C=O) groups excluding carboxylic acids is 2. The third kappa shape index (κ3) is 4.17. The van der Waals surface area contributed by atoms with Gasteiger partial charge in [0.15, 0.2) is 0 Å². The number of rotatable bonds is 4.